The molecule has 1 atom stereocenters. The van der Waals surface area contributed by atoms with Crippen LogP contribution in [0.15, 0.2) is 35.2 Å². The van der Waals surface area contributed by atoms with Gasteiger partial charge >= 0.3 is 0 Å². The third-order valence-corrected chi connectivity index (χ3v) is 4.95. The Kier molecular flexibility index (Phi) is 6.40. The molecule has 1 aliphatic rings. The van der Waals surface area contributed by atoms with Gasteiger partial charge in [0.05, 0.1) is 6.61 Å². The smallest absolute Gasteiger partial charge is 0.0534 e. The van der Waals surface area contributed by atoms with E-state index in [1.165, 1.54) is 29.9 Å². The van der Waals surface area contributed by atoms with Crippen molar-refractivity contribution in [1.29, 1.82) is 0 Å². The lowest BCUT2D eigenvalue weighted by atomic mass is 9.80. The van der Waals surface area contributed by atoms with Crippen LogP contribution in [0.4, 0.5) is 0 Å². The maximum atomic E-state index is 5.77. The van der Waals surface area contributed by atoms with Gasteiger partial charge in [-0.15, -0.1) is 11.8 Å². The lowest BCUT2D eigenvalue weighted by molar-refractivity contribution is -0.00960. The highest BCUT2D eigenvalue weighted by molar-refractivity contribution is 7.99. The summed E-state index contributed by atoms with van der Waals surface area (Å²) < 4.78 is 5.77. The summed E-state index contributed by atoms with van der Waals surface area (Å²) in [5.41, 5.74) is 0.338. The Balaban J connectivity index is 1.84. The van der Waals surface area contributed by atoms with E-state index in [-0.39, 0.29) is 0 Å². The average molecular weight is 293 g/mol. The minimum atomic E-state index is 0.338. The summed E-state index contributed by atoms with van der Waals surface area (Å²) in [5.74, 6) is 1.17. The third-order valence-electron chi connectivity index (χ3n) is 3.93. The van der Waals surface area contributed by atoms with Crippen LogP contribution in [0, 0.1) is 5.41 Å². The van der Waals surface area contributed by atoms with E-state index in [4.69, 9.17) is 4.74 Å². The highest BCUT2D eigenvalue weighted by atomic mass is 32.2. The van der Waals surface area contributed by atoms with Crippen molar-refractivity contribution < 1.29 is 4.74 Å². The van der Waals surface area contributed by atoms with Crippen molar-refractivity contribution in [2.45, 2.75) is 44.0 Å². The van der Waals surface area contributed by atoms with Gasteiger partial charge in [0, 0.05) is 29.5 Å². The highest BCUT2D eigenvalue weighted by Gasteiger charge is 2.32. The minimum Gasteiger partial charge on any atom is -0.381 e. The fourth-order valence-corrected chi connectivity index (χ4v) is 3.78. The largest absolute Gasteiger partial charge is 0.381 e. The van der Waals surface area contributed by atoms with Crippen molar-refractivity contribution in [2.75, 3.05) is 25.5 Å². The molecule has 1 N–H and O–H groups in total. The lowest BCUT2D eigenvalue weighted by Crippen LogP contribution is -2.43. The van der Waals surface area contributed by atoms with Crippen LogP contribution in [0.2, 0.25) is 0 Å². The average Bonchev–Trinajstić information content (AvgIpc) is 2.47. The molecule has 0 aliphatic carbocycles. The minimum absolute atomic E-state index is 0.338. The summed E-state index contributed by atoms with van der Waals surface area (Å²) in [6, 6.07) is 11.2. The molecule has 0 aromatic heterocycles. The van der Waals surface area contributed by atoms with Gasteiger partial charge in [0.1, 0.15) is 0 Å². The second-order valence-electron chi connectivity index (χ2n) is 6.10. The molecule has 1 aliphatic heterocycles. The molecule has 0 radical (unpaired) electrons. The summed E-state index contributed by atoms with van der Waals surface area (Å²) >= 11 is 1.96. The Bertz CT molecular complexity index is 374. The molecule has 0 spiro atoms. The van der Waals surface area contributed by atoms with Gasteiger partial charge in [-0.05, 0) is 37.1 Å². The molecule has 1 saturated heterocycles. The normalized spacial score (nSPS) is 23.1. The summed E-state index contributed by atoms with van der Waals surface area (Å²) in [5, 5.41) is 3.62. The molecule has 0 amide bonds. The number of ether oxygens (including phenoxy) is 1. The summed E-state index contributed by atoms with van der Waals surface area (Å²) in [4.78, 5) is 1.37. The van der Waals surface area contributed by atoms with Crippen LogP contribution in [0.3, 0.4) is 0 Å². The van der Waals surface area contributed by atoms with Crippen LogP contribution < -0.4 is 5.32 Å². The van der Waals surface area contributed by atoms with E-state index in [9.17, 15) is 0 Å². The standard InChI is InChI=1S/C17H27NOS/c1-15(2)18-13-17(9-6-11-19-14-17)10-12-20-16-7-4-3-5-8-16/h3-5,7-8,15,18H,6,9-14H2,1-2H3. The first kappa shape index (κ1) is 15.9. The Labute approximate surface area is 127 Å². The predicted molar refractivity (Wildman–Crippen MR) is 87.4 cm³/mol. The summed E-state index contributed by atoms with van der Waals surface area (Å²) in [7, 11) is 0. The molecule has 2 nitrogen and oxygen atoms in total. The van der Waals surface area contributed by atoms with E-state index in [2.05, 4.69) is 49.5 Å². The fourth-order valence-electron chi connectivity index (χ4n) is 2.66. The molecule has 0 saturated carbocycles. The van der Waals surface area contributed by atoms with E-state index in [0.717, 1.165) is 19.8 Å². The molecule has 20 heavy (non-hydrogen) atoms. The Morgan fingerprint density at radius 2 is 2.10 bits per heavy atom. The van der Waals surface area contributed by atoms with E-state index >= 15 is 0 Å². The van der Waals surface area contributed by atoms with Gasteiger partial charge in [-0.3, -0.25) is 0 Å². The second-order valence-corrected chi connectivity index (χ2v) is 7.27. The molecule has 2 rings (SSSR count). The van der Waals surface area contributed by atoms with Crippen molar-refractivity contribution in [1.82, 2.24) is 5.32 Å². The summed E-state index contributed by atoms with van der Waals surface area (Å²) in [6.45, 7) is 7.38. The number of thioether (sulfide) groups is 1. The molecule has 1 aromatic rings. The zero-order valence-electron chi connectivity index (χ0n) is 12.7. The van der Waals surface area contributed by atoms with Crippen LogP contribution in [0.1, 0.15) is 33.1 Å². The van der Waals surface area contributed by atoms with Crippen molar-refractivity contribution in [2.24, 2.45) is 5.41 Å². The van der Waals surface area contributed by atoms with Crippen molar-refractivity contribution in [3.05, 3.63) is 30.3 Å². The highest BCUT2D eigenvalue weighted by Crippen LogP contribution is 2.34. The van der Waals surface area contributed by atoms with E-state index in [1.54, 1.807) is 0 Å². The lowest BCUT2D eigenvalue weighted by Gasteiger charge is -2.38. The first-order valence-electron chi connectivity index (χ1n) is 7.69. The van der Waals surface area contributed by atoms with Crippen LogP contribution in [-0.4, -0.2) is 31.6 Å². The van der Waals surface area contributed by atoms with Crippen LogP contribution in [0.25, 0.3) is 0 Å². The van der Waals surface area contributed by atoms with E-state index in [0.29, 0.717) is 11.5 Å². The van der Waals surface area contributed by atoms with Gasteiger partial charge < -0.3 is 10.1 Å². The van der Waals surface area contributed by atoms with Gasteiger partial charge in [0.2, 0.25) is 0 Å². The molecule has 1 heterocycles. The number of hydrogen-bond donors (Lipinski definition) is 1. The molecule has 1 aromatic carbocycles. The number of rotatable bonds is 7. The Morgan fingerprint density at radius 1 is 1.30 bits per heavy atom. The molecular weight excluding hydrogens is 266 g/mol. The van der Waals surface area contributed by atoms with Crippen molar-refractivity contribution >= 4 is 11.8 Å². The Morgan fingerprint density at radius 3 is 2.75 bits per heavy atom. The molecular formula is C17H27NOS. The molecule has 3 heteroatoms. The van der Waals surface area contributed by atoms with Gasteiger partial charge in [-0.25, -0.2) is 0 Å². The maximum Gasteiger partial charge on any atom is 0.0534 e. The molecule has 1 unspecified atom stereocenters. The first-order valence-corrected chi connectivity index (χ1v) is 8.68. The molecule has 1 fully saturated rings. The number of benzene rings is 1. The van der Waals surface area contributed by atoms with Crippen LogP contribution in [0.5, 0.6) is 0 Å². The second kappa shape index (κ2) is 8.06. The number of nitrogens with one attached hydrogen (secondary N) is 1. The zero-order valence-corrected chi connectivity index (χ0v) is 13.5. The Hall–Kier alpha value is -0.510. The predicted octanol–water partition coefficient (Wildman–Crippen LogP) is 3.96. The molecule has 0 bridgehead atoms. The topological polar surface area (TPSA) is 21.3 Å². The van der Waals surface area contributed by atoms with Gasteiger partial charge in [-0.2, -0.15) is 0 Å². The van der Waals surface area contributed by atoms with Crippen molar-refractivity contribution in [3.63, 3.8) is 0 Å². The fraction of sp³-hybridized carbons (Fsp3) is 0.647. The maximum absolute atomic E-state index is 5.77. The molecule has 112 valence electrons. The number of hydrogen-bond acceptors (Lipinski definition) is 3. The van der Waals surface area contributed by atoms with E-state index in [1.807, 2.05) is 11.8 Å². The quantitative estimate of drug-likeness (QED) is 0.769. The van der Waals surface area contributed by atoms with Gasteiger partial charge in [0.25, 0.3) is 0 Å². The monoisotopic (exact) mass is 293 g/mol. The first-order chi connectivity index (χ1) is 9.70. The van der Waals surface area contributed by atoms with Crippen LogP contribution in [-0.2, 0) is 4.74 Å². The van der Waals surface area contributed by atoms with Gasteiger partial charge in [0.15, 0.2) is 0 Å². The third kappa shape index (κ3) is 5.12. The van der Waals surface area contributed by atoms with Gasteiger partial charge in [-0.1, -0.05) is 32.0 Å². The zero-order chi connectivity index (χ0) is 14.3. The SMILES string of the molecule is CC(C)NCC1(CCSc2ccccc2)CCCOC1. The van der Waals surface area contributed by atoms with Crippen LogP contribution >= 0.6 is 11.8 Å². The van der Waals surface area contributed by atoms with Crippen molar-refractivity contribution in [3.8, 4) is 0 Å². The summed E-state index contributed by atoms with van der Waals surface area (Å²) in [6.07, 6.45) is 3.73. The van der Waals surface area contributed by atoms with E-state index < -0.39 is 0 Å².